The lowest BCUT2D eigenvalue weighted by Crippen LogP contribution is -2.42. The average Bonchev–Trinajstić information content (AvgIpc) is 2.59. The maximum Gasteiger partial charge on any atom is 0.328 e. The van der Waals surface area contributed by atoms with E-state index in [9.17, 15) is 14.4 Å². The summed E-state index contributed by atoms with van der Waals surface area (Å²) in [6, 6.07) is -0.654. The van der Waals surface area contributed by atoms with E-state index in [0.29, 0.717) is 13.0 Å². The minimum atomic E-state index is -0.654. The van der Waals surface area contributed by atoms with Crippen molar-refractivity contribution >= 4 is 17.8 Å². The first-order valence-electron chi connectivity index (χ1n) is 9.24. The molecule has 0 radical (unpaired) electrons. The van der Waals surface area contributed by atoms with Gasteiger partial charge in [-0.3, -0.25) is 9.59 Å². The molecule has 1 aliphatic carbocycles. The standard InChI is InChI=1S/C19H32N2O4/c1-14(2)13-16(19(24)25-3)21-18(23)10-9-17(22)20-12-11-15-7-5-4-6-8-15/h7,14,16H,4-6,8-13H2,1-3H3,(H,20,22)(H,21,23). The molecule has 6 heteroatoms. The molecule has 0 aromatic carbocycles. The Kier molecular flexibility index (Phi) is 9.88. The highest BCUT2D eigenvalue weighted by Crippen LogP contribution is 2.19. The first-order valence-corrected chi connectivity index (χ1v) is 9.24. The summed E-state index contributed by atoms with van der Waals surface area (Å²) in [5.41, 5.74) is 1.42. The van der Waals surface area contributed by atoms with Crippen LogP contribution in [0.4, 0.5) is 0 Å². The fraction of sp³-hybridized carbons (Fsp3) is 0.737. The molecule has 0 saturated heterocycles. The maximum absolute atomic E-state index is 12.0. The first-order chi connectivity index (χ1) is 11.9. The van der Waals surface area contributed by atoms with Gasteiger partial charge in [0.15, 0.2) is 0 Å². The van der Waals surface area contributed by atoms with Crippen molar-refractivity contribution in [1.29, 1.82) is 0 Å². The van der Waals surface area contributed by atoms with Crippen LogP contribution in [-0.2, 0) is 19.1 Å². The SMILES string of the molecule is COC(=O)C(CC(C)C)NC(=O)CCC(=O)NCCC1=CCCCC1. The molecule has 2 N–H and O–H groups in total. The van der Waals surface area contributed by atoms with E-state index in [2.05, 4.69) is 16.7 Å². The number of methoxy groups -OCH3 is 1. The molecule has 142 valence electrons. The van der Waals surface area contributed by atoms with Gasteiger partial charge in [0.1, 0.15) is 6.04 Å². The van der Waals surface area contributed by atoms with E-state index in [0.717, 1.165) is 19.3 Å². The third kappa shape index (κ3) is 9.27. The predicted molar refractivity (Wildman–Crippen MR) is 96.8 cm³/mol. The lowest BCUT2D eigenvalue weighted by molar-refractivity contribution is -0.145. The van der Waals surface area contributed by atoms with Crippen LogP contribution in [0.15, 0.2) is 11.6 Å². The Hall–Kier alpha value is -1.85. The molecule has 0 aromatic rings. The topological polar surface area (TPSA) is 84.5 Å². The minimum Gasteiger partial charge on any atom is -0.467 e. The van der Waals surface area contributed by atoms with Crippen LogP contribution in [0.5, 0.6) is 0 Å². The van der Waals surface area contributed by atoms with E-state index >= 15 is 0 Å². The fourth-order valence-corrected chi connectivity index (χ4v) is 2.90. The number of rotatable bonds is 10. The Morgan fingerprint density at radius 2 is 1.88 bits per heavy atom. The molecule has 1 unspecified atom stereocenters. The summed E-state index contributed by atoms with van der Waals surface area (Å²) >= 11 is 0. The molecule has 0 aliphatic heterocycles. The summed E-state index contributed by atoms with van der Waals surface area (Å²) in [6.07, 6.45) is 8.62. The normalized spacial score (nSPS) is 15.3. The second-order valence-electron chi connectivity index (χ2n) is 6.98. The average molecular weight is 352 g/mol. The van der Waals surface area contributed by atoms with Gasteiger partial charge < -0.3 is 15.4 Å². The van der Waals surface area contributed by atoms with E-state index in [1.807, 2.05) is 13.8 Å². The van der Waals surface area contributed by atoms with Crippen molar-refractivity contribution in [2.75, 3.05) is 13.7 Å². The lowest BCUT2D eigenvalue weighted by atomic mass is 9.97. The smallest absolute Gasteiger partial charge is 0.328 e. The van der Waals surface area contributed by atoms with Gasteiger partial charge in [0.25, 0.3) is 0 Å². The molecule has 2 amide bonds. The Bertz CT molecular complexity index is 486. The molecule has 6 nitrogen and oxygen atoms in total. The highest BCUT2D eigenvalue weighted by Gasteiger charge is 2.22. The van der Waals surface area contributed by atoms with Crippen LogP contribution in [-0.4, -0.2) is 37.5 Å². The monoisotopic (exact) mass is 352 g/mol. The van der Waals surface area contributed by atoms with Crippen LogP contribution in [0.25, 0.3) is 0 Å². The molecule has 1 aliphatic rings. The van der Waals surface area contributed by atoms with Gasteiger partial charge in [-0.15, -0.1) is 0 Å². The van der Waals surface area contributed by atoms with Crippen LogP contribution in [0.2, 0.25) is 0 Å². The summed E-state index contributed by atoms with van der Waals surface area (Å²) < 4.78 is 4.71. The molecule has 0 aromatic heterocycles. The second kappa shape index (κ2) is 11.7. The van der Waals surface area contributed by atoms with E-state index in [4.69, 9.17) is 4.74 Å². The Morgan fingerprint density at radius 1 is 1.16 bits per heavy atom. The van der Waals surface area contributed by atoms with E-state index in [1.54, 1.807) is 0 Å². The van der Waals surface area contributed by atoms with Gasteiger partial charge in [0.2, 0.25) is 11.8 Å². The fourth-order valence-electron chi connectivity index (χ4n) is 2.90. The maximum atomic E-state index is 12.0. The molecule has 0 spiro atoms. The van der Waals surface area contributed by atoms with Crippen LogP contribution in [0, 0.1) is 5.92 Å². The van der Waals surface area contributed by atoms with Gasteiger partial charge in [-0.05, 0) is 44.4 Å². The third-order valence-electron chi connectivity index (χ3n) is 4.26. The van der Waals surface area contributed by atoms with Crippen molar-refractivity contribution in [2.24, 2.45) is 5.92 Å². The molecule has 0 saturated carbocycles. The zero-order chi connectivity index (χ0) is 18.7. The molecule has 0 fully saturated rings. The van der Waals surface area contributed by atoms with Crippen LogP contribution >= 0.6 is 0 Å². The van der Waals surface area contributed by atoms with Crippen molar-refractivity contribution in [3.8, 4) is 0 Å². The zero-order valence-corrected chi connectivity index (χ0v) is 15.7. The number of esters is 1. The van der Waals surface area contributed by atoms with E-state index in [-0.39, 0.29) is 30.6 Å². The number of amides is 2. The van der Waals surface area contributed by atoms with Crippen molar-refractivity contribution in [3.05, 3.63) is 11.6 Å². The first kappa shape index (κ1) is 21.2. The van der Waals surface area contributed by atoms with Gasteiger partial charge in [0, 0.05) is 19.4 Å². The van der Waals surface area contributed by atoms with E-state index < -0.39 is 12.0 Å². The van der Waals surface area contributed by atoms with E-state index in [1.165, 1.54) is 25.5 Å². The van der Waals surface area contributed by atoms with Gasteiger partial charge in [-0.25, -0.2) is 4.79 Å². The largest absolute Gasteiger partial charge is 0.467 e. The lowest BCUT2D eigenvalue weighted by Gasteiger charge is -2.18. The predicted octanol–water partition coefficient (Wildman–Crippen LogP) is 2.48. The van der Waals surface area contributed by atoms with Crippen LogP contribution in [0.1, 0.15) is 65.2 Å². The van der Waals surface area contributed by atoms with Crippen molar-refractivity contribution in [3.63, 3.8) is 0 Å². The molecule has 25 heavy (non-hydrogen) atoms. The molecule has 1 atom stereocenters. The van der Waals surface area contributed by atoms with Gasteiger partial charge in [0.05, 0.1) is 7.11 Å². The number of carbonyl (C=O) groups excluding carboxylic acids is 3. The summed E-state index contributed by atoms with van der Waals surface area (Å²) in [5.74, 6) is -0.639. The summed E-state index contributed by atoms with van der Waals surface area (Å²) in [7, 11) is 1.30. The molecule has 1 rings (SSSR count). The molecular weight excluding hydrogens is 320 g/mol. The summed E-state index contributed by atoms with van der Waals surface area (Å²) in [6.45, 7) is 4.55. The number of ether oxygens (including phenoxy) is 1. The quantitative estimate of drug-likeness (QED) is 0.467. The Morgan fingerprint density at radius 3 is 2.48 bits per heavy atom. The zero-order valence-electron chi connectivity index (χ0n) is 15.7. The highest BCUT2D eigenvalue weighted by atomic mass is 16.5. The Balaban J connectivity index is 2.25. The van der Waals surface area contributed by atoms with Crippen molar-refractivity contribution < 1.29 is 19.1 Å². The number of allylic oxidation sites excluding steroid dienone is 1. The summed E-state index contributed by atoms with van der Waals surface area (Å²) in [4.78, 5) is 35.5. The second-order valence-corrected chi connectivity index (χ2v) is 6.98. The van der Waals surface area contributed by atoms with Gasteiger partial charge >= 0.3 is 5.97 Å². The highest BCUT2D eigenvalue weighted by molar-refractivity contribution is 5.87. The van der Waals surface area contributed by atoms with Gasteiger partial charge in [-0.1, -0.05) is 25.5 Å². The Labute approximate surface area is 150 Å². The molecule has 0 heterocycles. The molecule has 0 bridgehead atoms. The van der Waals surface area contributed by atoms with Crippen molar-refractivity contribution in [2.45, 2.75) is 71.3 Å². The van der Waals surface area contributed by atoms with Gasteiger partial charge in [-0.2, -0.15) is 0 Å². The van der Waals surface area contributed by atoms with Crippen LogP contribution < -0.4 is 10.6 Å². The number of carbonyl (C=O) groups is 3. The molecular formula is C19H32N2O4. The number of hydrogen-bond acceptors (Lipinski definition) is 4. The third-order valence-corrected chi connectivity index (χ3v) is 4.26. The summed E-state index contributed by atoms with van der Waals surface area (Å²) in [5, 5.41) is 5.51. The number of hydrogen-bond donors (Lipinski definition) is 2. The number of nitrogens with one attached hydrogen (secondary N) is 2. The van der Waals surface area contributed by atoms with Crippen molar-refractivity contribution in [1.82, 2.24) is 10.6 Å². The van der Waals surface area contributed by atoms with Crippen LogP contribution in [0.3, 0.4) is 0 Å². The minimum absolute atomic E-state index is 0.0696.